The van der Waals surface area contributed by atoms with Gasteiger partial charge in [0.25, 0.3) is 5.91 Å². The molecule has 4 heterocycles. The molecule has 10 nitrogen and oxygen atoms in total. The zero-order chi connectivity index (χ0) is 26.9. The molecule has 2 aromatic carbocycles. The lowest BCUT2D eigenvalue weighted by molar-refractivity contribution is -0.119. The fraction of sp³-hybridized carbons (Fsp3) is 0.321. The second kappa shape index (κ2) is 10.6. The molecule has 1 fully saturated rings. The van der Waals surface area contributed by atoms with Crippen LogP contribution in [0.1, 0.15) is 29.0 Å². The van der Waals surface area contributed by atoms with Crippen molar-refractivity contribution in [3.63, 3.8) is 0 Å². The van der Waals surface area contributed by atoms with Gasteiger partial charge in [-0.25, -0.2) is 9.67 Å². The van der Waals surface area contributed by atoms with Crippen molar-refractivity contribution in [2.24, 2.45) is 7.05 Å². The number of hydrogen-bond donors (Lipinski definition) is 1. The van der Waals surface area contributed by atoms with Gasteiger partial charge < -0.3 is 15.1 Å². The molecule has 0 aliphatic carbocycles. The first kappa shape index (κ1) is 25.2. The number of benzene rings is 2. The summed E-state index contributed by atoms with van der Waals surface area (Å²) < 4.78 is 3.40. The van der Waals surface area contributed by atoms with Crippen LogP contribution >= 0.6 is 11.8 Å². The van der Waals surface area contributed by atoms with Gasteiger partial charge in [-0.1, -0.05) is 24.3 Å². The fourth-order valence-corrected chi connectivity index (χ4v) is 6.21. The molecule has 2 aliphatic heterocycles. The molecule has 0 unspecified atom stereocenters. The zero-order valence-electron chi connectivity index (χ0n) is 21.9. The van der Waals surface area contributed by atoms with E-state index < -0.39 is 11.9 Å². The van der Waals surface area contributed by atoms with E-state index in [0.29, 0.717) is 12.3 Å². The van der Waals surface area contributed by atoms with Gasteiger partial charge in [0.15, 0.2) is 0 Å². The number of anilines is 2. The Labute approximate surface area is 231 Å². The van der Waals surface area contributed by atoms with Crippen LogP contribution in [0, 0.1) is 0 Å². The second-order valence-electron chi connectivity index (χ2n) is 9.91. The average Bonchev–Trinajstić information content (AvgIpc) is 3.72. The third-order valence-electron chi connectivity index (χ3n) is 7.22. The van der Waals surface area contributed by atoms with Gasteiger partial charge in [-0.05, 0) is 42.2 Å². The zero-order valence-corrected chi connectivity index (χ0v) is 22.8. The molecular formula is C28H30N8O2S. The van der Waals surface area contributed by atoms with E-state index in [2.05, 4.69) is 43.6 Å². The number of hydrogen-bond acceptors (Lipinski definition) is 7. The van der Waals surface area contributed by atoms with Crippen molar-refractivity contribution in [3.05, 3.63) is 72.6 Å². The van der Waals surface area contributed by atoms with Crippen molar-refractivity contribution in [2.75, 3.05) is 35.7 Å². The van der Waals surface area contributed by atoms with Crippen molar-refractivity contribution in [2.45, 2.75) is 30.3 Å². The molecule has 2 aliphatic rings. The number of carbonyl (C=O) groups excluding carboxylic acids is 2. The number of nitrogens with zero attached hydrogens (tertiary/aromatic N) is 7. The minimum atomic E-state index is -0.687. The summed E-state index contributed by atoms with van der Waals surface area (Å²) in [4.78, 5) is 35.7. The molecule has 0 bridgehead atoms. The monoisotopic (exact) mass is 542 g/mol. The van der Waals surface area contributed by atoms with Gasteiger partial charge in [-0.15, -0.1) is 16.9 Å². The second-order valence-corrected chi connectivity index (χ2v) is 11.0. The topological polar surface area (TPSA) is 101 Å². The summed E-state index contributed by atoms with van der Waals surface area (Å²) >= 11 is 1.57. The molecule has 0 spiro atoms. The van der Waals surface area contributed by atoms with E-state index in [0.717, 1.165) is 46.1 Å². The third-order valence-corrected chi connectivity index (χ3v) is 8.38. The number of fused-ring (bicyclic) bond motifs is 1. The van der Waals surface area contributed by atoms with Crippen LogP contribution in [0.4, 0.5) is 11.4 Å². The van der Waals surface area contributed by atoms with E-state index in [9.17, 15) is 9.59 Å². The van der Waals surface area contributed by atoms with Crippen LogP contribution in [0.2, 0.25) is 0 Å². The van der Waals surface area contributed by atoms with Crippen molar-refractivity contribution < 1.29 is 9.59 Å². The van der Waals surface area contributed by atoms with E-state index in [1.165, 1.54) is 12.8 Å². The molecule has 2 aromatic heterocycles. The molecule has 0 radical (unpaired) electrons. The first-order chi connectivity index (χ1) is 19.0. The predicted octanol–water partition coefficient (Wildman–Crippen LogP) is 3.19. The average molecular weight is 543 g/mol. The van der Waals surface area contributed by atoms with E-state index in [1.54, 1.807) is 39.4 Å². The Hall–Kier alpha value is -4.12. The number of nitrogens with one attached hydrogen (secondary N) is 1. The summed E-state index contributed by atoms with van der Waals surface area (Å²) in [7, 11) is 3.65. The van der Waals surface area contributed by atoms with Crippen LogP contribution in [-0.2, 0) is 18.4 Å². The number of aryl methyl sites for hydroxylation is 1. The Morgan fingerprint density at radius 1 is 1.13 bits per heavy atom. The molecule has 1 atom stereocenters. The number of thioether (sulfide) groups is 1. The standard InChI is InChI=1S/C28H30N8O2S/c1-33-15-20(14-30-33)22-8-4-3-7-19(22)16-36-18-29-26(32-36)27(37)31-23-17-39-25-10-9-21(35-11-5-6-12-35)13-24(25)34(2)28(23)38/h3-4,7-10,13-15,18,23H,5-6,11-12,16-17H2,1-2H3,(H,31,37)/t23-/m0/s1. The van der Waals surface area contributed by atoms with Crippen molar-refractivity contribution >= 4 is 35.0 Å². The van der Waals surface area contributed by atoms with E-state index in [-0.39, 0.29) is 11.7 Å². The largest absolute Gasteiger partial charge is 0.371 e. The highest BCUT2D eigenvalue weighted by atomic mass is 32.2. The van der Waals surface area contributed by atoms with Crippen LogP contribution in [0.5, 0.6) is 0 Å². The molecular weight excluding hydrogens is 512 g/mol. The minimum Gasteiger partial charge on any atom is -0.371 e. The third kappa shape index (κ3) is 5.14. The summed E-state index contributed by atoms with van der Waals surface area (Å²) in [5, 5.41) is 11.5. The highest BCUT2D eigenvalue weighted by Crippen LogP contribution is 2.37. The Bertz CT molecular complexity index is 1520. The minimum absolute atomic E-state index is 0.0346. The van der Waals surface area contributed by atoms with Gasteiger partial charge in [0.1, 0.15) is 12.4 Å². The van der Waals surface area contributed by atoms with Gasteiger partial charge in [0.2, 0.25) is 11.7 Å². The van der Waals surface area contributed by atoms with E-state index in [1.807, 2.05) is 43.7 Å². The Morgan fingerprint density at radius 3 is 2.74 bits per heavy atom. The van der Waals surface area contributed by atoms with E-state index in [4.69, 9.17) is 0 Å². The lowest BCUT2D eigenvalue weighted by Crippen LogP contribution is -2.48. The Kier molecular flexibility index (Phi) is 6.82. The number of likely N-dealkylation sites (N-methyl/N-ethyl adjacent to an activating group) is 1. The lowest BCUT2D eigenvalue weighted by atomic mass is 10.0. The molecule has 0 saturated carbocycles. The Balaban J connectivity index is 1.14. The normalized spacial score (nSPS) is 17.3. The molecule has 4 aromatic rings. The number of rotatable bonds is 6. The fourth-order valence-electron chi connectivity index (χ4n) is 5.13. The van der Waals surface area contributed by atoms with Gasteiger partial charge in [-0.2, -0.15) is 5.10 Å². The summed E-state index contributed by atoms with van der Waals surface area (Å²) in [5.41, 5.74) is 5.09. The molecule has 200 valence electrons. The predicted molar refractivity (Wildman–Crippen MR) is 151 cm³/mol. The molecule has 1 N–H and O–H groups in total. The van der Waals surface area contributed by atoms with Crippen molar-refractivity contribution in [3.8, 4) is 11.1 Å². The van der Waals surface area contributed by atoms with Gasteiger partial charge in [0.05, 0.1) is 18.4 Å². The number of amides is 2. The summed E-state index contributed by atoms with van der Waals surface area (Å²) in [6, 6.07) is 13.6. The molecule has 11 heteroatoms. The highest BCUT2D eigenvalue weighted by Gasteiger charge is 2.31. The highest BCUT2D eigenvalue weighted by molar-refractivity contribution is 7.99. The number of aromatic nitrogens is 5. The van der Waals surface area contributed by atoms with Gasteiger partial charge >= 0.3 is 0 Å². The summed E-state index contributed by atoms with van der Waals surface area (Å²) in [6.45, 7) is 2.52. The van der Waals surface area contributed by atoms with Crippen LogP contribution < -0.4 is 15.1 Å². The van der Waals surface area contributed by atoms with Crippen LogP contribution in [-0.4, -0.2) is 68.3 Å². The smallest absolute Gasteiger partial charge is 0.291 e. The quantitative estimate of drug-likeness (QED) is 0.399. The maximum absolute atomic E-state index is 13.4. The Morgan fingerprint density at radius 2 is 1.95 bits per heavy atom. The number of carbonyl (C=O) groups is 2. The van der Waals surface area contributed by atoms with Crippen LogP contribution in [0.15, 0.2) is 66.1 Å². The summed E-state index contributed by atoms with van der Waals surface area (Å²) in [5.74, 6) is -0.153. The molecule has 39 heavy (non-hydrogen) atoms. The molecule has 6 rings (SSSR count). The first-order valence-corrected chi connectivity index (χ1v) is 14.0. The van der Waals surface area contributed by atoms with Gasteiger partial charge in [-0.3, -0.25) is 14.3 Å². The molecule has 2 amide bonds. The van der Waals surface area contributed by atoms with E-state index >= 15 is 0 Å². The maximum atomic E-state index is 13.4. The molecule has 1 saturated heterocycles. The van der Waals surface area contributed by atoms with Crippen molar-refractivity contribution in [1.82, 2.24) is 29.9 Å². The maximum Gasteiger partial charge on any atom is 0.291 e. The first-order valence-electron chi connectivity index (χ1n) is 13.0. The van der Waals surface area contributed by atoms with Crippen LogP contribution in [0.25, 0.3) is 11.1 Å². The lowest BCUT2D eigenvalue weighted by Gasteiger charge is -2.24. The van der Waals surface area contributed by atoms with Gasteiger partial charge in [0, 0.05) is 55.3 Å². The van der Waals surface area contributed by atoms with Crippen LogP contribution in [0.3, 0.4) is 0 Å². The SMILES string of the molecule is CN1C(=O)[C@@H](NC(=O)c2ncn(Cc3ccccc3-c3cnn(C)c3)n2)CSc2ccc(N3CCCC3)cc21. The van der Waals surface area contributed by atoms with Crippen molar-refractivity contribution in [1.29, 1.82) is 0 Å². The summed E-state index contributed by atoms with van der Waals surface area (Å²) in [6.07, 6.45) is 7.71.